The molecule has 0 aliphatic heterocycles. The number of anilines is 1. The number of H-pyrrole nitrogens is 1. The van der Waals surface area contributed by atoms with Crippen LogP contribution in [0.25, 0.3) is 0 Å². The van der Waals surface area contributed by atoms with Crippen molar-refractivity contribution in [3.8, 4) is 0 Å². The summed E-state index contributed by atoms with van der Waals surface area (Å²) in [7, 11) is 0. The van der Waals surface area contributed by atoms with Gasteiger partial charge in [-0.2, -0.15) is 4.98 Å². The number of rotatable bonds is 4. The van der Waals surface area contributed by atoms with Gasteiger partial charge in [0.05, 0.1) is 0 Å². The summed E-state index contributed by atoms with van der Waals surface area (Å²) in [5, 5.41) is 7.27. The van der Waals surface area contributed by atoms with Gasteiger partial charge in [0.25, 0.3) is 0 Å². The highest BCUT2D eigenvalue weighted by molar-refractivity contribution is 7.99. The van der Waals surface area contributed by atoms with Gasteiger partial charge in [-0.15, -0.1) is 5.10 Å². The lowest BCUT2D eigenvalue weighted by molar-refractivity contribution is 0.971. The molecule has 2 aromatic rings. The topological polar surface area (TPSA) is 67.6 Å². The molecule has 0 spiro atoms. The van der Waals surface area contributed by atoms with Crippen LogP contribution in [0.2, 0.25) is 0 Å². The van der Waals surface area contributed by atoms with Crippen LogP contribution in [0.3, 0.4) is 0 Å². The Balaban J connectivity index is 1.80. The smallest absolute Gasteiger partial charge is 0.216 e. The average Bonchev–Trinajstić information content (AvgIpc) is 2.66. The standard InChI is InChI=1S/C10H12N4S/c11-9-12-10(14-13-9)15-7-6-8-4-2-1-3-5-8/h1-5H,6-7H2,(H3,11,12,13,14). The molecule has 78 valence electrons. The van der Waals surface area contributed by atoms with Gasteiger partial charge in [-0.05, 0) is 12.0 Å². The molecule has 1 aromatic carbocycles. The Morgan fingerprint density at radius 1 is 1.27 bits per heavy atom. The molecule has 0 aliphatic carbocycles. The lowest BCUT2D eigenvalue weighted by Crippen LogP contribution is -1.88. The minimum atomic E-state index is 0.372. The van der Waals surface area contributed by atoms with Crippen LogP contribution in [0, 0.1) is 0 Å². The monoisotopic (exact) mass is 220 g/mol. The number of nitrogens with one attached hydrogen (secondary N) is 1. The van der Waals surface area contributed by atoms with Crippen LogP contribution in [-0.4, -0.2) is 20.9 Å². The van der Waals surface area contributed by atoms with E-state index in [1.54, 1.807) is 11.8 Å². The summed E-state index contributed by atoms with van der Waals surface area (Å²) in [5.74, 6) is 1.33. The number of nitrogens with zero attached hydrogens (tertiary/aromatic N) is 2. The van der Waals surface area contributed by atoms with Crippen LogP contribution in [0.4, 0.5) is 5.95 Å². The van der Waals surface area contributed by atoms with E-state index < -0.39 is 0 Å². The molecule has 5 heteroatoms. The summed E-state index contributed by atoms with van der Waals surface area (Å²) < 4.78 is 0. The van der Waals surface area contributed by atoms with Crippen molar-refractivity contribution >= 4 is 17.7 Å². The SMILES string of the molecule is Nc1nc(SCCc2ccccc2)n[nH]1. The lowest BCUT2D eigenvalue weighted by Gasteiger charge is -1.97. The van der Waals surface area contributed by atoms with Crippen molar-refractivity contribution < 1.29 is 0 Å². The summed E-state index contributed by atoms with van der Waals surface area (Å²) in [4.78, 5) is 4.02. The summed E-state index contributed by atoms with van der Waals surface area (Å²) >= 11 is 1.60. The van der Waals surface area contributed by atoms with Gasteiger partial charge in [0, 0.05) is 5.75 Å². The third-order valence-corrected chi connectivity index (χ3v) is 2.80. The molecule has 3 N–H and O–H groups in total. The van der Waals surface area contributed by atoms with E-state index >= 15 is 0 Å². The second-order valence-corrected chi connectivity index (χ2v) is 4.15. The van der Waals surface area contributed by atoms with Gasteiger partial charge in [-0.3, -0.25) is 0 Å². The highest BCUT2D eigenvalue weighted by atomic mass is 32.2. The van der Waals surface area contributed by atoms with Crippen molar-refractivity contribution in [3.05, 3.63) is 35.9 Å². The van der Waals surface area contributed by atoms with E-state index in [1.165, 1.54) is 5.56 Å². The minimum Gasteiger partial charge on any atom is -0.368 e. The Morgan fingerprint density at radius 3 is 2.73 bits per heavy atom. The first-order chi connectivity index (χ1) is 7.34. The quantitative estimate of drug-likeness (QED) is 0.770. The van der Waals surface area contributed by atoms with Crippen molar-refractivity contribution in [2.45, 2.75) is 11.6 Å². The van der Waals surface area contributed by atoms with Gasteiger partial charge in [0.2, 0.25) is 11.1 Å². The summed E-state index contributed by atoms with van der Waals surface area (Å²) in [6, 6.07) is 10.3. The maximum Gasteiger partial charge on any atom is 0.216 e. The number of nitrogens with two attached hydrogens (primary N) is 1. The zero-order valence-corrected chi connectivity index (χ0v) is 9.00. The Labute approximate surface area is 92.3 Å². The zero-order chi connectivity index (χ0) is 10.5. The van der Waals surface area contributed by atoms with E-state index in [1.807, 2.05) is 18.2 Å². The number of hydrogen-bond donors (Lipinski definition) is 2. The third kappa shape index (κ3) is 2.99. The molecule has 0 aliphatic rings. The zero-order valence-electron chi connectivity index (χ0n) is 8.18. The Hall–Kier alpha value is -1.49. The van der Waals surface area contributed by atoms with Gasteiger partial charge >= 0.3 is 0 Å². The van der Waals surface area contributed by atoms with E-state index in [9.17, 15) is 0 Å². The molecule has 1 aromatic heterocycles. The van der Waals surface area contributed by atoms with Crippen molar-refractivity contribution in [1.29, 1.82) is 0 Å². The Kier molecular flexibility index (Phi) is 3.24. The molecular weight excluding hydrogens is 208 g/mol. The second kappa shape index (κ2) is 4.84. The fourth-order valence-electron chi connectivity index (χ4n) is 1.23. The number of aromatic nitrogens is 3. The van der Waals surface area contributed by atoms with Crippen LogP contribution >= 0.6 is 11.8 Å². The molecule has 0 radical (unpaired) electrons. The van der Waals surface area contributed by atoms with Crippen molar-refractivity contribution in [2.75, 3.05) is 11.5 Å². The highest BCUT2D eigenvalue weighted by Crippen LogP contribution is 2.14. The number of aryl methyl sites for hydroxylation is 1. The fourth-order valence-corrected chi connectivity index (χ4v) is 2.02. The molecule has 0 atom stereocenters. The van der Waals surface area contributed by atoms with E-state index in [4.69, 9.17) is 5.73 Å². The van der Waals surface area contributed by atoms with Crippen molar-refractivity contribution in [2.24, 2.45) is 0 Å². The molecule has 4 nitrogen and oxygen atoms in total. The lowest BCUT2D eigenvalue weighted by atomic mass is 10.2. The molecule has 0 fully saturated rings. The van der Waals surface area contributed by atoms with Crippen molar-refractivity contribution in [3.63, 3.8) is 0 Å². The molecule has 2 rings (SSSR count). The second-order valence-electron chi connectivity index (χ2n) is 3.09. The average molecular weight is 220 g/mol. The maximum atomic E-state index is 5.42. The molecule has 15 heavy (non-hydrogen) atoms. The van der Waals surface area contributed by atoms with E-state index in [0.29, 0.717) is 11.1 Å². The molecule has 0 saturated carbocycles. The van der Waals surface area contributed by atoms with Crippen LogP contribution in [0.5, 0.6) is 0 Å². The fraction of sp³-hybridized carbons (Fsp3) is 0.200. The van der Waals surface area contributed by atoms with Crippen LogP contribution in [0.15, 0.2) is 35.5 Å². The predicted molar refractivity (Wildman–Crippen MR) is 61.7 cm³/mol. The molecular formula is C10H12N4S. The van der Waals surface area contributed by atoms with E-state index in [0.717, 1.165) is 12.2 Å². The number of benzene rings is 1. The number of hydrogen-bond acceptors (Lipinski definition) is 4. The largest absolute Gasteiger partial charge is 0.368 e. The number of nitrogen functional groups attached to an aromatic ring is 1. The number of aromatic amines is 1. The van der Waals surface area contributed by atoms with Crippen LogP contribution in [-0.2, 0) is 6.42 Å². The first kappa shape index (κ1) is 10.0. The normalized spacial score (nSPS) is 10.4. The summed E-state index contributed by atoms with van der Waals surface area (Å²) in [5.41, 5.74) is 6.75. The first-order valence-corrected chi connectivity index (χ1v) is 5.68. The molecule has 0 amide bonds. The Morgan fingerprint density at radius 2 is 2.07 bits per heavy atom. The predicted octanol–water partition coefficient (Wildman–Crippen LogP) is 1.72. The third-order valence-electron chi connectivity index (χ3n) is 1.95. The van der Waals surface area contributed by atoms with Gasteiger partial charge in [-0.1, -0.05) is 42.1 Å². The van der Waals surface area contributed by atoms with Gasteiger partial charge < -0.3 is 5.73 Å². The van der Waals surface area contributed by atoms with Crippen LogP contribution < -0.4 is 5.73 Å². The van der Waals surface area contributed by atoms with Gasteiger partial charge in [-0.25, -0.2) is 5.10 Å². The molecule has 0 saturated heterocycles. The molecule has 1 heterocycles. The van der Waals surface area contributed by atoms with Crippen LogP contribution in [0.1, 0.15) is 5.56 Å². The maximum absolute atomic E-state index is 5.42. The first-order valence-electron chi connectivity index (χ1n) is 4.69. The van der Waals surface area contributed by atoms with E-state index in [2.05, 4.69) is 27.3 Å². The Bertz CT molecular complexity index is 412. The molecule has 0 bridgehead atoms. The van der Waals surface area contributed by atoms with Gasteiger partial charge in [0.1, 0.15) is 0 Å². The summed E-state index contributed by atoms with van der Waals surface area (Å²) in [6.07, 6.45) is 1.01. The van der Waals surface area contributed by atoms with Gasteiger partial charge in [0.15, 0.2) is 0 Å². The van der Waals surface area contributed by atoms with E-state index in [-0.39, 0.29) is 0 Å². The minimum absolute atomic E-state index is 0.372. The summed E-state index contributed by atoms with van der Waals surface area (Å²) in [6.45, 7) is 0. The number of thioether (sulfide) groups is 1. The van der Waals surface area contributed by atoms with Crippen molar-refractivity contribution in [1.82, 2.24) is 15.2 Å². The highest BCUT2D eigenvalue weighted by Gasteiger charge is 2.00. The molecule has 0 unspecified atom stereocenters.